The lowest BCUT2D eigenvalue weighted by Gasteiger charge is -2.47. The molecule has 1 saturated heterocycles. The van der Waals surface area contributed by atoms with Crippen LogP contribution < -0.4 is 5.73 Å². The smallest absolute Gasteiger partial charge is 0.123 e. The van der Waals surface area contributed by atoms with Gasteiger partial charge in [0.1, 0.15) is 5.82 Å². The third-order valence-corrected chi connectivity index (χ3v) is 5.04. The van der Waals surface area contributed by atoms with Crippen molar-refractivity contribution in [3.8, 4) is 0 Å². The van der Waals surface area contributed by atoms with Crippen LogP contribution in [0.4, 0.5) is 4.39 Å². The van der Waals surface area contributed by atoms with E-state index in [4.69, 9.17) is 5.73 Å². The van der Waals surface area contributed by atoms with Gasteiger partial charge in [-0.3, -0.25) is 4.90 Å². The van der Waals surface area contributed by atoms with Crippen LogP contribution in [0, 0.1) is 11.7 Å². The minimum absolute atomic E-state index is 0.178. The highest BCUT2D eigenvalue weighted by molar-refractivity contribution is 5.21. The number of nitrogens with two attached hydrogens (primary N) is 1. The van der Waals surface area contributed by atoms with Crippen LogP contribution in [0.2, 0.25) is 0 Å². The normalized spacial score (nSPS) is 33.7. The molecule has 1 aromatic rings. The maximum Gasteiger partial charge on any atom is 0.123 e. The molecule has 1 aliphatic carbocycles. The van der Waals surface area contributed by atoms with E-state index in [0.29, 0.717) is 18.4 Å². The Kier molecular flexibility index (Phi) is 4.29. The van der Waals surface area contributed by atoms with Crippen LogP contribution in [0.3, 0.4) is 0 Å². The van der Waals surface area contributed by atoms with Crippen LogP contribution in [0.15, 0.2) is 24.3 Å². The van der Waals surface area contributed by atoms with E-state index in [-0.39, 0.29) is 5.82 Å². The van der Waals surface area contributed by atoms with Crippen molar-refractivity contribution in [1.82, 2.24) is 4.90 Å². The van der Waals surface area contributed by atoms with Gasteiger partial charge >= 0.3 is 0 Å². The standard InChI is InChI=1S/C17H25FN2O/c18-16-5-3-14(4-6-16)15-2-1-7-20(11-15)12-17(21)8-13(9-17)10-19/h3-6,13,15,21H,1-2,7-12,19H2. The number of hydrogen-bond acceptors (Lipinski definition) is 3. The van der Waals surface area contributed by atoms with Gasteiger partial charge in [0.2, 0.25) is 0 Å². The molecule has 1 unspecified atom stereocenters. The Morgan fingerprint density at radius 2 is 2.00 bits per heavy atom. The maximum absolute atomic E-state index is 13.0. The van der Waals surface area contributed by atoms with Crippen molar-refractivity contribution in [2.24, 2.45) is 11.7 Å². The molecule has 0 aromatic heterocycles. The molecule has 4 heteroatoms. The second-order valence-corrected chi connectivity index (χ2v) is 6.86. The van der Waals surface area contributed by atoms with E-state index in [2.05, 4.69) is 4.90 Å². The molecule has 1 aliphatic heterocycles. The van der Waals surface area contributed by atoms with E-state index < -0.39 is 5.60 Å². The van der Waals surface area contributed by atoms with Crippen LogP contribution in [0.1, 0.15) is 37.2 Å². The Morgan fingerprint density at radius 3 is 2.67 bits per heavy atom. The molecule has 0 bridgehead atoms. The van der Waals surface area contributed by atoms with Gasteiger partial charge in [0.25, 0.3) is 0 Å². The molecule has 1 heterocycles. The predicted molar refractivity (Wildman–Crippen MR) is 81.5 cm³/mol. The predicted octanol–water partition coefficient (Wildman–Crippen LogP) is 2.10. The SMILES string of the molecule is NCC1CC(O)(CN2CCCC(c3ccc(F)cc3)C2)C1. The second-order valence-electron chi connectivity index (χ2n) is 6.86. The van der Waals surface area contributed by atoms with Gasteiger partial charge in [-0.15, -0.1) is 0 Å². The van der Waals surface area contributed by atoms with E-state index >= 15 is 0 Å². The van der Waals surface area contributed by atoms with Crippen molar-refractivity contribution < 1.29 is 9.50 Å². The molecular weight excluding hydrogens is 267 g/mol. The monoisotopic (exact) mass is 292 g/mol. The minimum Gasteiger partial charge on any atom is -0.389 e. The molecule has 21 heavy (non-hydrogen) atoms. The van der Waals surface area contributed by atoms with Crippen LogP contribution >= 0.6 is 0 Å². The lowest BCUT2D eigenvalue weighted by Crippen LogP contribution is -2.55. The molecule has 3 rings (SSSR count). The summed E-state index contributed by atoms with van der Waals surface area (Å²) in [6, 6.07) is 6.87. The summed E-state index contributed by atoms with van der Waals surface area (Å²) in [5.74, 6) is 0.768. The number of piperidine rings is 1. The summed E-state index contributed by atoms with van der Waals surface area (Å²) in [5, 5.41) is 10.5. The van der Waals surface area contributed by atoms with E-state index in [1.165, 1.54) is 5.56 Å². The number of halogens is 1. The number of aliphatic hydroxyl groups is 1. The summed E-state index contributed by atoms with van der Waals surface area (Å²) in [7, 11) is 0. The van der Waals surface area contributed by atoms with Crippen LogP contribution in [-0.4, -0.2) is 41.8 Å². The fraction of sp³-hybridized carbons (Fsp3) is 0.647. The number of nitrogens with zero attached hydrogens (tertiary/aromatic N) is 1. The first-order valence-corrected chi connectivity index (χ1v) is 7.98. The Bertz CT molecular complexity index is 470. The van der Waals surface area contributed by atoms with Crippen molar-refractivity contribution in [2.75, 3.05) is 26.2 Å². The highest BCUT2D eigenvalue weighted by atomic mass is 19.1. The van der Waals surface area contributed by atoms with Gasteiger partial charge in [-0.1, -0.05) is 12.1 Å². The number of hydrogen-bond donors (Lipinski definition) is 2. The zero-order valence-corrected chi connectivity index (χ0v) is 12.5. The first-order valence-electron chi connectivity index (χ1n) is 7.98. The lowest BCUT2D eigenvalue weighted by atomic mass is 9.70. The summed E-state index contributed by atoms with van der Waals surface area (Å²) in [4.78, 5) is 2.37. The molecule has 0 radical (unpaired) electrons. The molecule has 116 valence electrons. The molecule has 3 N–H and O–H groups in total. The summed E-state index contributed by atoms with van der Waals surface area (Å²) < 4.78 is 13.0. The van der Waals surface area contributed by atoms with E-state index in [9.17, 15) is 9.50 Å². The minimum atomic E-state index is -0.533. The highest BCUT2D eigenvalue weighted by Gasteiger charge is 2.43. The van der Waals surface area contributed by atoms with Gasteiger partial charge in [-0.25, -0.2) is 4.39 Å². The largest absolute Gasteiger partial charge is 0.389 e. The number of β-amino-alcohol motifs (C(OH)–C–C–N with tert-alkyl or cyclic N) is 1. The summed E-state index contributed by atoms with van der Waals surface area (Å²) in [6.07, 6.45) is 3.95. The van der Waals surface area contributed by atoms with Gasteiger partial charge in [0.15, 0.2) is 0 Å². The second kappa shape index (κ2) is 6.03. The first kappa shape index (κ1) is 14.9. The Hall–Kier alpha value is -0.970. The van der Waals surface area contributed by atoms with Crippen LogP contribution in [0.5, 0.6) is 0 Å². The van der Waals surface area contributed by atoms with Crippen molar-refractivity contribution in [3.05, 3.63) is 35.6 Å². The molecule has 2 aliphatic rings. The zero-order chi connectivity index (χ0) is 14.9. The molecule has 1 saturated carbocycles. The average Bonchev–Trinajstić information content (AvgIpc) is 2.45. The van der Waals surface area contributed by atoms with Crippen molar-refractivity contribution >= 4 is 0 Å². The first-order chi connectivity index (χ1) is 10.1. The van der Waals surface area contributed by atoms with E-state index in [0.717, 1.165) is 45.3 Å². The van der Waals surface area contributed by atoms with Crippen molar-refractivity contribution in [2.45, 2.75) is 37.2 Å². The van der Waals surface area contributed by atoms with Gasteiger partial charge in [0.05, 0.1) is 5.60 Å². The summed E-state index contributed by atoms with van der Waals surface area (Å²) >= 11 is 0. The Morgan fingerprint density at radius 1 is 1.29 bits per heavy atom. The lowest BCUT2D eigenvalue weighted by molar-refractivity contribution is -0.0936. The van der Waals surface area contributed by atoms with Crippen molar-refractivity contribution in [1.29, 1.82) is 0 Å². The Labute approximate surface area is 125 Å². The molecule has 0 spiro atoms. The summed E-state index contributed by atoms with van der Waals surface area (Å²) in [6.45, 7) is 3.44. The number of benzene rings is 1. The fourth-order valence-corrected chi connectivity index (χ4v) is 3.93. The third-order valence-electron chi connectivity index (χ3n) is 5.04. The molecule has 3 nitrogen and oxygen atoms in total. The topological polar surface area (TPSA) is 49.5 Å². The van der Waals surface area contributed by atoms with Crippen molar-refractivity contribution in [3.63, 3.8) is 0 Å². The fourth-order valence-electron chi connectivity index (χ4n) is 3.93. The van der Waals surface area contributed by atoms with Crippen LogP contribution in [0.25, 0.3) is 0 Å². The maximum atomic E-state index is 13.0. The molecule has 2 fully saturated rings. The highest BCUT2D eigenvalue weighted by Crippen LogP contribution is 2.39. The third kappa shape index (κ3) is 3.44. The zero-order valence-electron chi connectivity index (χ0n) is 12.5. The quantitative estimate of drug-likeness (QED) is 0.893. The summed E-state index contributed by atoms with van der Waals surface area (Å²) in [5.41, 5.74) is 6.32. The molecule has 1 atom stereocenters. The van der Waals surface area contributed by atoms with Gasteiger partial charge in [-0.2, -0.15) is 0 Å². The van der Waals surface area contributed by atoms with E-state index in [1.54, 1.807) is 12.1 Å². The van der Waals surface area contributed by atoms with Gasteiger partial charge in [0, 0.05) is 13.1 Å². The van der Waals surface area contributed by atoms with Gasteiger partial charge in [-0.05, 0) is 68.3 Å². The number of rotatable bonds is 4. The molecular formula is C17H25FN2O. The Balaban J connectivity index is 1.57. The molecule has 1 aromatic carbocycles. The average molecular weight is 292 g/mol. The van der Waals surface area contributed by atoms with Gasteiger partial charge < -0.3 is 10.8 Å². The number of likely N-dealkylation sites (tertiary alicyclic amines) is 1. The van der Waals surface area contributed by atoms with E-state index in [1.807, 2.05) is 12.1 Å². The van der Waals surface area contributed by atoms with Crippen LogP contribution in [-0.2, 0) is 0 Å². The molecule has 0 amide bonds.